The number of nitrogens with one attached hydrogen (secondary N) is 1. The van der Waals surface area contributed by atoms with Crippen molar-refractivity contribution < 1.29 is 33.3 Å². The number of esters is 3. The minimum Gasteiger partial charge on any atom is -0.463 e. The molecule has 3 rings (SSSR count). The Hall–Kier alpha value is -2.55. The number of hydrogen-bond acceptors (Lipinski definition) is 11. The Bertz CT molecular complexity index is 1010. The van der Waals surface area contributed by atoms with Gasteiger partial charge in [0.05, 0.1) is 6.33 Å². The van der Waals surface area contributed by atoms with Crippen LogP contribution in [0.15, 0.2) is 6.33 Å². The van der Waals surface area contributed by atoms with Gasteiger partial charge >= 0.3 is 17.9 Å². The fraction of sp³-hybridized carbons (Fsp3) is 0.579. The molecule has 4 atom stereocenters. The molecule has 0 bridgehead atoms. The lowest BCUT2D eigenvalue weighted by molar-refractivity contribution is -0.166. The van der Waals surface area contributed by atoms with Gasteiger partial charge in [0, 0.05) is 49.9 Å². The third-order valence-corrected chi connectivity index (χ3v) is 5.03. The van der Waals surface area contributed by atoms with Gasteiger partial charge in [-0.2, -0.15) is 0 Å². The van der Waals surface area contributed by atoms with Crippen LogP contribution in [0.1, 0.15) is 40.3 Å². The van der Waals surface area contributed by atoms with Gasteiger partial charge in [-0.3, -0.25) is 19.0 Å². The van der Waals surface area contributed by atoms with Gasteiger partial charge < -0.3 is 24.3 Å². The highest BCUT2D eigenvalue weighted by atomic mass is 127. The van der Waals surface area contributed by atoms with Crippen LogP contribution < -0.4 is 5.32 Å². The Kier molecular flexibility index (Phi) is 7.82. The number of halogens is 1. The number of rotatable bonds is 8. The van der Waals surface area contributed by atoms with Crippen molar-refractivity contribution in [3.63, 3.8) is 0 Å². The van der Waals surface area contributed by atoms with E-state index in [9.17, 15) is 14.4 Å². The smallest absolute Gasteiger partial charge is 0.303 e. The fourth-order valence-corrected chi connectivity index (χ4v) is 3.83. The number of ether oxygens (including phenoxy) is 4. The van der Waals surface area contributed by atoms with Gasteiger partial charge in [-0.1, -0.05) is 6.92 Å². The van der Waals surface area contributed by atoms with E-state index in [1.54, 1.807) is 4.57 Å². The number of fused-ring (bicyclic) bond motifs is 1. The van der Waals surface area contributed by atoms with Crippen molar-refractivity contribution in [3.05, 3.63) is 10.2 Å². The summed E-state index contributed by atoms with van der Waals surface area (Å²) in [5, 5.41) is 3.22. The first kappa shape index (κ1) is 24.1. The number of imidazole rings is 1. The van der Waals surface area contributed by atoms with Crippen molar-refractivity contribution in [1.29, 1.82) is 0 Å². The van der Waals surface area contributed by atoms with Crippen LogP contribution in [0.2, 0.25) is 0 Å². The van der Waals surface area contributed by atoms with Crippen LogP contribution in [0, 0.1) is 3.83 Å². The monoisotopic (exact) mass is 561 g/mol. The Balaban J connectivity index is 2.04. The van der Waals surface area contributed by atoms with E-state index in [4.69, 9.17) is 18.9 Å². The highest BCUT2D eigenvalue weighted by molar-refractivity contribution is 14.1. The molecule has 0 saturated carbocycles. The summed E-state index contributed by atoms with van der Waals surface area (Å²) in [6.07, 6.45) is -1.44. The van der Waals surface area contributed by atoms with Gasteiger partial charge in [-0.25, -0.2) is 15.0 Å². The van der Waals surface area contributed by atoms with Crippen LogP contribution in [0.3, 0.4) is 0 Å². The van der Waals surface area contributed by atoms with E-state index in [-0.39, 0.29) is 6.61 Å². The van der Waals surface area contributed by atoms with Crippen molar-refractivity contribution in [2.24, 2.45) is 0 Å². The maximum Gasteiger partial charge on any atom is 0.303 e. The zero-order valence-electron chi connectivity index (χ0n) is 18.0. The van der Waals surface area contributed by atoms with Gasteiger partial charge in [0.2, 0.25) is 0 Å². The number of carbonyl (C=O) groups is 3. The molecule has 1 saturated heterocycles. The van der Waals surface area contributed by atoms with E-state index in [1.165, 1.54) is 27.1 Å². The van der Waals surface area contributed by atoms with Crippen molar-refractivity contribution in [3.8, 4) is 0 Å². The minimum absolute atomic E-state index is 0.190. The first-order valence-electron chi connectivity index (χ1n) is 9.98. The van der Waals surface area contributed by atoms with Gasteiger partial charge in [0.15, 0.2) is 39.2 Å². The van der Waals surface area contributed by atoms with Crippen molar-refractivity contribution in [2.45, 2.75) is 58.7 Å². The molecule has 0 aliphatic carbocycles. The number of hydrogen-bond donors (Lipinski definition) is 1. The third kappa shape index (κ3) is 5.43. The molecule has 2 aromatic rings. The van der Waals surface area contributed by atoms with E-state index in [2.05, 4.69) is 20.3 Å². The summed E-state index contributed by atoms with van der Waals surface area (Å²) in [5.41, 5.74) is 0.955. The van der Waals surface area contributed by atoms with E-state index >= 15 is 0 Å². The zero-order chi connectivity index (χ0) is 23.4. The highest BCUT2D eigenvalue weighted by Crippen LogP contribution is 2.36. The molecular formula is C19H24IN5O7. The quantitative estimate of drug-likeness (QED) is 0.217. The fourth-order valence-electron chi connectivity index (χ4n) is 3.36. The Morgan fingerprint density at radius 1 is 1.12 bits per heavy atom. The zero-order valence-corrected chi connectivity index (χ0v) is 20.2. The molecule has 0 spiro atoms. The highest BCUT2D eigenvalue weighted by Gasteiger charge is 2.51. The lowest BCUT2D eigenvalue weighted by Gasteiger charge is -2.23. The summed E-state index contributed by atoms with van der Waals surface area (Å²) >= 11 is 2.00. The normalized spacial score (nSPS) is 22.5. The van der Waals surface area contributed by atoms with Crippen LogP contribution in [0.4, 0.5) is 5.82 Å². The molecule has 2 aromatic heterocycles. The van der Waals surface area contributed by atoms with Crippen LogP contribution in [-0.4, -0.2) is 68.9 Å². The second-order valence-corrected chi connectivity index (χ2v) is 8.07. The van der Waals surface area contributed by atoms with Crippen molar-refractivity contribution >= 4 is 57.5 Å². The lowest BCUT2D eigenvalue weighted by Crippen LogP contribution is -2.40. The number of nitrogens with zero attached hydrogens (tertiary/aromatic N) is 4. The molecule has 174 valence electrons. The topological polar surface area (TPSA) is 144 Å². The standard InChI is InChI=1S/C19H24IN5O7/c1-5-6-21-16-13-17(24-19(20)23-16)25(8-22-13)18-15(31-11(4)28)14(30-10(3)27)12(32-18)7-29-9(2)26/h8,12,14-15,18H,5-7H2,1-4H3,(H,21,23,24)/t12-,14+,15+,18+/m0/s1. The second kappa shape index (κ2) is 10.4. The predicted octanol–water partition coefficient (Wildman–Crippen LogP) is 1.58. The molecular weight excluding hydrogens is 537 g/mol. The Labute approximate surface area is 197 Å². The van der Waals surface area contributed by atoms with Crippen LogP contribution in [0.25, 0.3) is 11.2 Å². The molecule has 1 N–H and O–H groups in total. The van der Waals surface area contributed by atoms with Crippen molar-refractivity contribution in [2.75, 3.05) is 18.5 Å². The van der Waals surface area contributed by atoms with Gasteiger partial charge in [0.25, 0.3) is 0 Å². The third-order valence-electron chi connectivity index (χ3n) is 4.55. The molecule has 1 aliphatic rings. The lowest BCUT2D eigenvalue weighted by atomic mass is 10.1. The number of anilines is 1. The molecule has 0 aromatic carbocycles. The van der Waals surface area contributed by atoms with Crippen molar-refractivity contribution in [1.82, 2.24) is 19.5 Å². The van der Waals surface area contributed by atoms with E-state index in [0.29, 0.717) is 27.4 Å². The Morgan fingerprint density at radius 2 is 1.81 bits per heavy atom. The van der Waals surface area contributed by atoms with E-state index < -0.39 is 42.4 Å². The van der Waals surface area contributed by atoms with E-state index in [1.807, 2.05) is 29.5 Å². The first-order chi connectivity index (χ1) is 15.2. The van der Waals surface area contributed by atoms with Crippen LogP contribution in [0.5, 0.6) is 0 Å². The van der Waals surface area contributed by atoms with Gasteiger partial charge in [0.1, 0.15) is 12.7 Å². The maximum atomic E-state index is 11.8. The largest absolute Gasteiger partial charge is 0.463 e. The van der Waals surface area contributed by atoms with Gasteiger partial charge in [-0.05, 0) is 6.42 Å². The summed E-state index contributed by atoms with van der Waals surface area (Å²) in [5.74, 6) is -1.14. The molecule has 1 aliphatic heterocycles. The average Bonchev–Trinajstić information content (AvgIpc) is 3.25. The van der Waals surface area contributed by atoms with Crippen LogP contribution >= 0.6 is 22.6 Å². The van der Waals surface area contributed by atoms with Crippen LogP contribution in [-0.2, 0) is 33.3 Å². The molecule has 0 radical (unpaired) electrons. The molecule has 13 heteroatoms. The average molecular weight is 561 g/mol. The van der Waals surface area contributed by atoms with E-state index in [0.717, 1.165) is 6.42 Å². The molecule has 32 heavy (non-hydrogen) atoms. The minimum atomic E-state index is -1.02. The molecule has 3 heterocycles. The van der Waals surface area contributed by atoms with Gasteiger partial charge in [-0.15, -0.1) is 0 Å². The summed E-state index contributed by atoms with van der Waals surface area (Å²) in [6, 6.07) is 0. The SMILES string of the molecule is CCCNc1nc(I)nc2c1ncn2[C@@H]1O[C@@H](COC(C)=O)[C@@H](OC(C)=O)[C@H]1OC(C)=O. The summed E-state index contributed by atoms with van der Waals surface area (Å²) in [7, 11) is 0. The maximum absolute atomic E-state index is 11.8. The summed E-state index contributed by atoms with van der Waals surface area (Å²) in [6.45, 7) is 6.27. The predicted molar refractivity (Wildman–Crippen MR) is 118 cm³/mol. The summed E-state index contributed by atoms with van der Waals surface area (Å²) in [4.78, 5) is 48.2. The first-order valence-corrected chi connectivity index (χ1v) is 11.1. The Morgan fingerprint density at radius 3 is 2.44 bits per heavy atom. The molecule has 1 fully saturated rings. The molecule has 0 amide bonds. The number of carbonyl (C=O) groups excluding carboxylic acids is 3. The second-order valence-electron chi connectivity index (χ2n) is 7.11. The summed E-state index contributed by atoms with van der Waals surface area (Å²) < 4.78 is 24.1. The molecule has 12 nitrogen and oxygen atoms in total. The molecule has 0 unspecified atom stereocenters. The number of aromatic nitrogens is 4.